The van der Waals surface area contributed by atoms with Crippen molar-refractivity contribution in [3.63, 3.8) is 0 Å². The summed E-state index contributed by atoms with van der Waals surface area (Å²) in [5, 5.41) is 0. The summed E-state index contributed by atoms with van der Waals surface area (Å²) >= 11 is 0. The van der Waals surface area contributed by atoms with Gasteiger partial charge >= 0.3 is 0 Å². The fourth-order valence-corrected chi connectivity index (χ4v) is 1.31. The third-order valence-electron chi connectivity index (χ3n) is 2.00. The van der Waals surface area contributed by atoms with E-state index in [1.165, 1.54) is 5.56 Å². The summed E-state index contributed by atoms with van der Waals surface area (Å²) in [6.07, 6.45) is 0.959. The molecule has 0 aliphatic heterocycles. The molecule has 0 bridgehead atoms. The van der Waals surface area contributed by atoms with E-state index in [0.29, 0.717) is 6.54 Å². The predicted molar refractivity (Wildman–Crippen MR) is 53.2 cm³/mol. The normalized spacial score (nSPS) is 10.8. The molecule has 1 aromatic carbocycles. The second-order valence-electron chi connectivity index (χ2n) is 3.52. The maximum absolute atomic E-state index is 13.2. The van der Waals surface area contributed by atoms with Gasteiger partial charge in [0.2, 0.25) is 0 Å². The Morgan fingerprint density at radius 1 is 1.31 bits per heavy atom. The number of hydrogen-bond acceptors (Lipinski definition) is 1. The van der Waals surface area contributed by atoms with E-state index in [0.717, 1.165) is 12.0 Å². The van der Waals surface area contributed by atoms with Crippen LogP contribution < -0.4 is 0 Å². The summed E-state index contributed by atoms with van der Waals surface area (Å²) in [5.74, 6) is -0.106. The van der Waals surface area contributed by atoms with Crippen LogP contribution in [0, 0.1) is 5.82 Å². The van der Waals surface area contributed by atoms with Gasteiger partial charge in [-0.1, -0.05) is 19.1 Å². The van der Waals surface area contributed by atoms with Gasteiger partial charge in [-0.3, -0.25) is 0 Å². The first kappa shape index (κ1) is 10.2. The molecule has 1 nitrogen and oxygen atoms in total. The lowest BCUT2D eigenvalue weighted by Gasteiger charge is -2.11. The van der Waals surface area contributed by atoms with E-state index in [-0.39, 0.29) is 5.82 Å². The molecule has 0 amide bonds. The van der Waals surface area contributed by atoms with Crippen molar-refractivity contribution in [2.24, 2.45) is 0 Å². The third-order valence-corrected chi connectivity index (χ3v) is 2.00. The largest absolute Gasteiger partial charge is 0.305 e. The Balaban J connectivity index is 2.90. The highest BCUT2D eigenvalue weighted by molar-refractivity contribution is 5.24. The molecule has 0 atom stereocenters. The van der Waals surface area contributed by atoms with Crippen LogP contribution in [0.3, 0.4) is 0 Å². The zero-order chi connectivity index (χ0) is 9.84. The Labute approximate surface area is 79.2 Å². The Morgan fingerprint density at radius 3 is 2.54 bits per heavy atom. The highest BCUT2D eigenvalue weighted by Gasteiger charge is 2.03. The molecule has 0 unspecified atom stereocenters. The SMILES string of the molecule is CCc1ccc(F)c(CN(C)C)c1. The van der Waals surface area contributed by atoms with Crippen molar-refractivity contribution >= 4 is 0 Å². The molecule has 1 rings (SSSR count). The third kappa shape index (κ3) is 2.81. The molecule has 1 aromatic rings. The first-order chi connectivity index (χ1) is 6.13. The van der Waals surface area contributed by atoms with E-state index >= 15 is 0 Å². The van der Waals surface area contributed by atoms with Crippen LogP contribution >= 0.6 is 0 Å². The first-order valence-corrected chi connectivity index (χ1v) is 4.55. The van der Waals surface area contributed by atoms with E-state index in [9.17, 15) is 4.39 Å². The highest BCUT2D eigenvalue weighted by Crippen LogP contribution is 2.12. The van der Waals surface area contributed by atoms with E-state index in [4.69, 9.17) is 0 Å². The van der Waals surface area contributed by atoms with Crippen LogP contribution in [0.2, 0.25) is 0 Å². The minimum atomic E-state index is -0.106. The summed E-state index contributed by atoms with van der Waals surface area (Å²) in [5.41, 5.74) is 1.97. The van der Waals surface area contributed by atoms with Crippen LogP contribution in [0.15, 0.2) is 18.2 Å². The molecular formula is C11H16FN. The summed E-state index contributed by atoms with van der Waals surface area (Å²) in [4.78, 5) is 1.97. The van der Waals surface area contributed by atoms with Gasteiger partial charge in [-0.2, -0.15) is 0 Å². The first-order valence-electron chi connectivity index (χ1n) is 4.55. The average molecular weight is 181 g/mol. The van der Waals surface area contributed by atoms with Crippen molar-refractivity contribution in [2.75, 3.05) is 14.1 Å². The van der Waals surface area contributed by atoms with Gasteiger partial charge < -0.3 is 4.90 Å². The van der Waals surface area contributed by atoms with Crippen LogP contribution in [0.25, 0.3) is 0 Å². The van der Waals surface area contributed by atoms with Gasteiger partial charge in [-0.15, -0.1) is 0 Å². The topological polar surface area (TPSA) is 3.24 Å². The smallest absolute Gasteiger partial charge is 0.127 e. The Morgan fingerprint density at radius 2 is 2.00 bits per heavy atom. The van der Waals surface area contributed by atoms with Crippen molar-refractivity contribution in [3.8, 4) is 0 Å². The van der Waals surface area contributed by atoms with Crippen molar-refractivity contribution in [2.45, 2.75) is 19.9 Å². The van der Waals surface area contributed by atoms with Gasteiger partial charge in [0.15, 0.2) is 0 Å². The van der Waals surface area contributed by atoms with Crippen molar-refractivity contribution < 1.29 is 4.39 Å². The van der Waals surface area contributed by atoms with Crippen LogP contribution in [0.1, 0.15) is 18.1 Å². The lowest BCUT2D eigenvalue weighted by atomic mass is 10.1. The van der Waals surface area contributed by atoms with Crippen molar-refractivity contribution in [1.82, 2.24) is 4.90 Å². The summed E-state index contributed by atoms with van der Waals surface area (Å²) < 4.78 is 13.2. The van der Waals surface area contributed by atoms with Crippen molar-refractivity contribution in [3.05, 3.63) is 35.1 Å². The Hall–Kier alpha value is -0.890. The molecule has 0 heterocycles. The standard InChI is InChI=1S/C11H16FN/c1-4-9-5-6-11(12)10(7-9)8-13(2)3/h5-7H,4,8H2,1-3H3. The summed E-state index contributed by atoms with van der Waals surface area (Å²) in [6, 6.07) is 5.33. The predicted octanol–water partition coefficient (Wildman–Crippen LogP) is 2.45. The monoisotopic (exact) mass is 181 g/mol. The van der Waals surface area contributed by atoms with Crippen LogP contribution in [-0.4, -0.2) is 19.0 Å². The number of hydrogen-bond donors (Lipinski definition) is 0. The lowest BCUT2D eigenvalue weighted by molar-refractivity contribution is 0.392. The zero-order valence-electron chi connectivity index (χ0n) is 8.47. The number of aryl methyl sites for hydroxylation is 1. The molecule has 2 heteroatoms. The molecule has 0 saturated carbocycles. The van der Waals surface area contributed by atoms with E-state index in [2.05, 4.69) is 6.92 Å². The lowest BCUT2D eigenvalue weighted by Crippen LogP contribution is -2.12. The van der Waals surface area contributed by atoms with Gasteiger partial charge in [-0.25, -0.2) is 4.39 Å². The van der Waals surface area contributed by atoms with Crippen molar-refractivity contribution in [1.29, 1.82) is 0 Å². The fourth-order valence-electron chi connectivity index (χ4n) is 1.31. The maximum Gasteiger partial charge on any atom is 0.127 e. The second kappa shape index (κ2) is 4.38. The zero-order valence-corrected chi connectivity index (χ0v) is 8.47. The molecule has 0 radical (unpaired) electrons. The molecule has 0 saturated heterocycles. The number of nitrogens with zero attached hydrogens (tertiary/aromatic N) is 1. The molecule has 0 N–H and O–H groups in total. The van der Waals surface area contributed by atoms with E-state index in [1.54, 1.807) is 6.07 Å². The molecule has 13 heavy (non-hydrogen) atoms. The van der Waals surface area contributed by atoms with Gasteiger partial charge in [-0.05, 0) is 32.1 Å². The van der Waals surface area contributed by atoms with E-state index in [1.807, 2.05) is 31.1 Å². The van der Waals surface area contributed by atoms with Gasteiger partial charge in [0.25, 0.3) is 0 Å². The molecular weight excluding hydrogens is 165 g/mol. The number of halogens is 1. The minimum Gasteiger partial charge on any atom is -0.305 e. The van der Waals surface area contributed by atoms with E-state index < -0.39 is 0 Å². The highest BCUT2D eigenvalue weighted by atomic mass is 19.1. The molecule has 72 valence electrons. The average Bonchev–Trinajstić information content (AvgIpc) is 2.08. The number of benzene rings is 1. The van der Waals surface area contributed by atoms with Gasteiger partial charge in [0.1, 0.15) is 5.82 Å². The molecule has 0 aromatic heterocycles. The van der Waals surface area contributed by atoms with Gasteiger partial charge in [0, 0.05) is 12.1 Å². The Kier molecular flexibility index (Phi) is 3.43. The minimum absolute atomic E-state index is 0.106. The molecule has 0 fully saturated rings. The number of rotatable bonds is 3. The Bertz CT molecular complexity index is 281. The van der Waals surface area contributed by atoms with Crippen LogP contribution in [0.4, 0.5) is 4.39 Å². The van der Waals surface area contributed by atoms with Crippen LogP contribution in [-0.2, 0) is 13.0 Å². The summed E-state index contributed by atoms with van der Waals surface area (Å²) in [7, 11) is 3.89. The van der Waals surface area contributed by atoms with Gasteiger partial charge in [0.05, 0.1) is 0 Å². The quantitative estimate of drug-likeness (QED) is 0.692. The molecule has 0 aliphatic carbocycles. The molecule has 0 aliphatic rings. The molecule has 0 spiro atoms. The van der Waals surface area contributed by atoms with Crippen LogP contribution in [0.5, 0.6) is 0 Å². The summed E-state index contributed by atoms with van der Waals surface area (Å²) in [6.45, 7) is 2.74. The maximum atomic E-state index is 13.2. The second-order valence-corrected chi connectivity index (χ2v) is 3.52. The fraction of sp³-hybridized carbons (Fsp3) is 0.455.